The van der Waals surface area contributed by atoms with Crippen LogP contribution in [-0.2, 0) is 51.6 Å². The molecular formula is C42H63N7O10S. The van der Waals surface area contributed by atoms with Gasteiger partial charge < -0.3 is 41.2 Å². The number of carboxylic acids is 1. The fourth-order valence-corrected chi connectivity index (χ4v) is 8.31. The third kappa shape index (κ3) is 13.9. The molecule has 2 aromatic carbocycles. The van der Waals surface area contributed by atoms with Crippen molar-refractivity contribution in [1.82, 2.24) is 31.3 Å². The quantitative estimate of drug-likeness (QED) is 0.0579. The van der Waals surface area contributed by atoms with Crippen molar-refractivity contribution in [1.29, 1.82) is 5.41 Å². The van der Waals surface area contributed by atoms with Gasteiger partial charge in [0.15, 0.2) is 0 Å². The first-order valence-corrected chi connectivity index (χ1v) is 21.5. The van der Waals surface area contributed by atoms with Crippen LogP contribution in [0, 0.1) is 32.1 Å². The van der Waals surface area contributed by atoms with Gasteiger partial charge in [0.25, 0.3) is 10.0 Å². The summed E-state index contributed by atoms with van der Waals surface area (Å²) in [6.45, 7) is 18.7. The Kier molecular flexibility index (Phi) is 16.7. The molecule has 332 valence electrons. The number of aliphatic carboxylic acids is 1. The zero-order valence-electron chi connectivity index (χ0n) is 36.5. The Morgan fingerprint density at radius 1 is 0.883 bits per heavy atom. The molecule has 0 fully saturated rings. The van der Waals surface area contributed by atoms with Gasteiger partial charge in [-0.25, -0.2) is 17.9 Å². The number of amides is 4. The van der Waals surface area contributed by atoms with Crippen molar-refractivity contribution in [3.63, 3.8) is 0 Å². The van der Waals surface area contributed by atoms with Gasteiger partial charge in [-0.15, -0.1) is 0 Å². The number of benzene rings is 2. The molecule has 1 aliphatic rings. The van der Waals surface area contributed by atoms with Crippen LogP contribution in [0.2, 0.25) is 0 Å². The lowest BCUT2D eigenvalue weighted by Gasteiger charge is -2.29. The van der Waals surface area contributed by atoms with Gasteiger partial charge in [-0.1, -0.05) is 44.2 Å². The van der Waals surface area contributed by atoms with E-state index in [1.165, 1.54) is 6.92 Å². The van der Waals surface area contributed by atoms with E-state index in [1.54, 1.807) is 78.8 Å². The summed E-state index contributed by atoms with van der Waals surface area (Å²) in [5.74, 6) is -4.48. The average molecular weight is 858 g/mol. The highest BCUT2D eigenvalue weighted by atomic mass is 32.2. The zero-order valence-corrected chi connectivity index (χ0v) is 37.4. The second-order valence-electron chi connectivity index (χ2n) is 17.2. The van der Waals surface area contributed by atoms with E-state index in [9.17, 15) is 37.5 Å². The normalized spacial score (nSPS) is 15.3. The first-order chi connectivity index (χ1) is 27.7. The fourth-order valence-electron chi connectivity index (χ4n) is 6.81. The van der Waals surface area contributed by atoms with Crippen molar-refractivity contribution in [3.8, 4) is 5.75 Å². The number of carbonyl (C=O) groups excluding carboxylic acids is 4. The SMILES string of the molecule is CC(=O)N[C@@H](CCCNC(=N)NS(=O)(=O)c1c(C)c(C)c2c(c1C)OC(C)(C)C2)C(=O)N[C@H](C(=O)N[C@@H](COC(C)(C)C)C(=O)N[C@@H](Cc1ccccc1)C(=O)O)C(C)C. The molecule has 0 saturated carbocycles. The zero-order chi connectivity index (χ0) is 45.3. The summed E-state index contributed by atoms with van der Waals surface area (Å²) in [6.07, 6.45) is 0.873. The molecule has 4 atom stereocenters. The molecular weight excluding hydrogens is 795 g/mol. The van der Waals surface area contributed by atoms with Crippen LogP contribution in [0.3, 0.4) is 0 Å². The van der Waals surface area contributed by atoms with E-state index in [1.807, 2.05) is 20.8 Å². The molecule has 0 bridgehead atoms. The van der Waals surface area contributed by atoms with Crippen molar-refractivity contribution in [2.75, 3.05) is 13.2 Å². The van der Waals surface area contributed by atoms with Crippen molar-refractivity contribution in [3.05, 3.63) is 58.1 Å². The van der Waals surface area contributed by atoms with Gasteiger partial charge in [0.1, 0.15) is 35.5 Å². The number of guanidine groups is 1. The largest absolute Gasteiger partial charge is 0.487 e. The summed E-state index contributed by atoms with van der Waals surface area (Å²) in [6, 6.07) is 3.79. The molecule has 3 rings (SSSR count). The molecule has 4 amide bonds. The van der Waals surface area contributed by atoms with Crippen LogP contribution in [0.25, 0.3) is 0 Å². The van der Waals surface area contributed by atoms with Gasteiger partial charge in [0, 0.05) is 37.4 Å². The molecule has 60 heavy (non-hydrogen) atoms. The van der Waals surface area contributed by atoms with E-state index in [2.05, 4.69) is 31.3 Å². The Labute approximate surface area is 353 Å². The monoisotopic (exact) mass is 857 g/mol. The number of fused-ring (bicyclic) bond motifs is 1. The fraction of sp³-hybridized carbons (Fsp3) is 0.571. The molecule has 0 aliphatic carbocycles. The Balaban J connectivity index is 1.67. The highest BCUT2D eigenvalue weighted by Gasteiger charge is 2.37. The number of carboxylic acid groups (broad SMARTS) is 1. The van der Waals surface area contributed by atoms with Crippen molar-refractivity contribution < 1.29 is 47.0 Å². The molecule has 1 aliphatic heterocycles. The number of ether oxygens (including phenoxy) is 2. The lowest BCUT2D eigenvalue weighted by Crippen LogP contribution is -2.60. The standard InChI is InChI=1S/C42H63N7O10S/c1-23(2)33(38(53)47-32(22-58-41(7,8)9)37(52)46-31(39(54)55)20-28-16-13-12-14-17-28)48-36(51)30(45-27(6)50)18-15-19-44-40(43)49-60(56,57)35-25(4)24(3)29-21-42(10,11)59-34(29)26(35)5/h12-14,16-17,23,30-33H,15,18-22H2,1-11H3,(H,45,50)(H,46,52)(H,47,53)(H,48,51)(H,54,55)(H3,43,44,49)/t30-,31-,32-,33-/m0/s1. The molecule has 8 N–H and O–H groups in total. The summed E-state index contributed by atoms with van der Waals surface area (Å²) >= 11 is 0. The van der Waals surface area contributed by atoms with Gasteiger partial charge in [-0.05, 0) is 90.8 Å². The van der Waals surface area contributed by atoms with Gasteiger partial charge in [-0.3, -0.25) is 24.6 Å². The van der Waals surface area contributed by atoms with Crippen LogP contribution in [0.4, 0.5) is 0 Å². The minimum Gasteiger partial charge on any atom is -0.487 e. The van der Waals surface area contributed by atoms with Gasteiger partial charge in [0.2, 0.25) is 29.6 Å². The number of nitrogens with one attached hydrogen (secondary N) is 7. The number of rotatable bonds is 19. The molecule has 0 saturated heterocycles. The molecule has 17 nitrogen and oxygen atoms in total. The number of hydrogen-bond acceptors (Lipinski definition) is 10. The van der Waals surface area contributed by atoms with Crippen LogP contribution in [0.15, 0.2) is 35.2 Å². The van der Waals surface area contributed by atoms with Gasteiger partial charge in [-0.2, -0.15) is 0 Å². The van der Waals surface area contributed by atoms with E-state index in [4.69, 9.17) is 14.9 Å². The van der Waals surface area contributed by atoms with E-state index < -0.39 is 86.9 Å². The second kappa shape index (κ2) is 20.4. The summed E-state index contributed by atoms with van der Waals surface area (Å²) in [5.41, 5.74) is 2.26. The van der Waals surface area contributed by atoms with Gasteiger partial charge in [0.05, 0.1) is 17.1 Å². The first kappa shape index (κ1) is 49.1. The number of sulfonamides is 1. The van der Waals surface area contributed by atoms with Crippen molar-refractivity contribution >= 4 is 45.6 Å². The summed E-state index contributed by atoms with van der Waals surface area (Å²) in [5, 5.41) is 31.3. The van der Waals surface area contributed by atoms with Crippen molar-refractivity contribution in [2.24, 2.45) is 5.92 Å². The smallest absolute Gasteiger partial charge is 0.326 e. The molecule has 0 spiro atoms. The Bertz CT molecular complexity index is 2030. The van der Waals surface area contributed by atoms with Crippen LogP contribution >= 0.6 is 0 Å². The number of carbonyl (C=O) groups is 5. The third-order valence-electron chi connectivity index (χ3n) is 9.92. The Morgan fingerprint density at radius 2 is 1.48 bits per heavy atom. The van der Waals surface area contributed by atoms with E-state index in [0.717, 1.165) is 11.1 Å². The maximum atomic E-state index is 13.7. The van der Waals surface area contributed by atoms with Crippen LogP contribution in [0.1, 0.15) is 96.0 Å². The molecule has 18 heteroatoms. The Hall–Kier alpha value is -5.23. The highest BCUT2D eigenvalue weighted by molar-refractivity contribution is 7.90. The Morgan fingerprint density at radius 3 is 2.05 bits per heavy atom. The molecule has 0 aromatic heterocycles. The predicted molar refractivity (Wildman–Crippen MR) is 226 cm³/mol. The summed E-state index contributed by atoms with van der Waals surface area (Å²) in [7, 11) is -4.20. The van der Waals surface area contributed by atoms with Gasteiger partial charge >= 0.3 is 5.97 Å². The molecule has 0 radical (unpaired) electrons. The lowest BCUT2D eigenvalue weighted by atomic mass is 9.93. The summed E-state index contributed by atoms with van der Waals surface area (Å²) < 4.78 is 41.3. The lowest BCUT2D eigenvalue weighted by molar-refractivity contribution is -0.143. The second-order valence-corrected chi connectivity index (χ2v) is 18.8. The predicted octanol–water partition coefficient (Wildman–Crippen LogP) is 2.67. The maximum Gasteiger partial charge on any atom is 0.326 e. The molecule has 2 aromatic rings. The average Bonchev–Trinajstić information content (AvgIpc) is 3.47. The van der Waals surface area contributed by atoms with E-state index in [-0.39, 0.29) is 37.3 Å². The summed E-state index contributed by atoms with van der Waals surface area (Å²) in [4.78, 5) is 65.2. The maximum absolute atomic E-state index is 13.7. The highest BCUT2D eigenvalue weighted by Crippen LogP contribution is 2.43. The van der Waals surface area contributed by atoms with Crippen LogP contribution in [0.5, 0.6) is 5.75 Å². The third-order valence-corrected chi connectivity index (χ3v) is 11.5. The minimum absolute atomic E-state index is 0.00694. The first-order valence-electron chi connectivity index (χ1n) is 20.0. The van der Waals surface area contributed by atoms with E-state index in [0.29, 0.717) is 28.9 Å². The van der Waals surface area contributed by atoms with Crippen molar-refractivity contribution in [2.45, 2.75) is 142 Å². The van der Waals surface area contributed by atoms with E-state index >= 15 is 0 Å². The number of hydrogen-bond donors (Lipinski definition) is 8. The van der Waals surface area contributed by atoms with Crippen LogP contribution < -0.4 is 36.0 Å². The molecule has 1 heterocycles. The minimum atomic E-state index is -4.20. The van der Waals surface area contributed by atoms with Crippen LogP contribution in [-0.4, -0.2) is 97.6 Å². The topological polar surface area (TPSA) is 254 Å². The molecule has 0 unspecified atom stereocenters.